The number of sulfonamides is 1. The fourth-order valence-corrected chi connectivity index (χ4v) is 5.71. The summed E-state index contributed by atoms with van der Waals surface area (Å²) in [4.78, 5) is 15.8. The molecule has 1 saturated heterocycles. The highest BCUT2D eigenvalue weighted by Gasteiger charge is 2.39. The standard InChI is InChI=1S/C20H18FN5O5S2/c1-11(12-4-2-3-5-13(12)20(28)8-22-9-20)26-15-6-14(21)17(7-16(15)31-19(26)27)33(29,30)25-18-23-10-24-32-18/h2-7,10-11,22,28H,8-9H2,1H3,(H,23,24,25)/t11-/m1/s1. The van der Waals surface area contributed by atoms with Crippen molar-refractivity contribution in [3.63, 3.8) is 0 Å². The summed E-state index contributed by atoms with van der Waals surface area (Å²) >= 11 is 0.796. The molecule has 1 fully saturated rings. The van der Waals surface area contributed by atoms with Crippen molar-refractivity contribution in [2.45, 2.75) is 23.5 Å². The Morgan fingerprint density at radius 2 is 2.09 bits per heavy atom. The van der Waals surface area contributed by atoms with Crippen LogP contribution in [-0.2, 0) is 15.6 Å². The quantitative estimate of drug-likeness (QED) is 0.371. The van der Waals surface area contributed by atoms with E-state index in [9.17, 15) is 22.7 Å². The Hall–Kier alpha value is -3.13. The molecule has 2 aromatic carbocycles. The predicted octanol–water partition coefficient (Wildman–Crippen LogP) is 1.79. The molecular weight excluding hydrogens is 473 g/mol. The maximum absolute atomic E-state index is 15.0. The molecule has 0 spiro atoms. The Morgan fingerprint density at radius 1 is 1.33 bits per heavy atom. The van der Waals surface area contributed by atoms with Gasteiger partial charge in [-0.25, -0.2) is 22.6 Å². The number of halogens is 1. The Bertz CT molecular complexity index is 1510. The number of benzene rings is 2. The van der Waals surface area contributed by atoms with Gasteiger partial charge >= 0.3 is 5.76 Å². The zero-order valence-electron chi connectivity index (χ0n) is 17.1. The first-order valence-electron chi connectivity index (χ1n) is 9.86. The van der Waals surface area contributed by atoms with Gasteiger partial charge in [0.1, 0.15) is 22.6 Å². The second kappa shape index (κ2) is 7.73. The van der Waals surface area contributed by atoms with Crippen LogP contribution in [0.25, 0.3) is 11.1 Å². The van der Waals surface area contributed by atoms with Crippen LogP contribution in [0.2, 0.25) is 0 Å². The number of oxazole rings is 1. The zero-order chi connectivity index (χ0) is 23.4. The predicted molar refractivity (Wildman–Crippen MR) is 118 cm³/mol. The number of fused-ring (bicyclic) bond motifs is 1. The summed E-state index contributed by atoms with van der Waals surface area (Å²) in [7, 11) is -4.33. The Labute approximate surface area is 190 Å². The molecule has 0 bridgehead atoms. The van der Waals surface area contributed by atoms with Crippen molar-refractivity contribution in [3.8, 4) is 0 Å². The van der Waals surface area contributed by atoms with Crippen molar-refractivity contribution < 1.29 is 22.3 Å². The molecule has 0 unspecified atom stereocenters. The minimum atomic E-state index is -4.33. The van der Waals surface area contributed by atoms with E-state index in [4.69, 9.17) is 4.42 Å². The Kier molecular flexibility index (Phi) is 5.08. The summed E-state index contributed by atoms with van der Waals surface area (Å²) < 4.78 is 52.6. The van der Waals surface area contributed by atoms with E-state index in [1.807, 2.05) is 0 Å². The average Bonchev–Trinajstić information content (AvgIpc) is 3.37. The first-order valence-corrected chi connectivity index (χ1v) is 12.1. The fraction of sp³-hybridized carbons (Fsp3) is 0.250. The summed E-state index contributed by atoms with van der Waals surface area (Å²) in [6.45, 7) is 2.47. The largest absolute Gasteiger partial charge is 0.420 e. The molecule has 0 radical (unpaired) electrons. The van der Waals surface area contributed by atoms with Crippen LogP contribution in [0.1, 0.15) is 24.1 Å². The van der Waals surface area contributed by atoms with Crippen LogP contribution in [0.5, 0.6) is 0 Å². The van der Waals surface area contributed by atoms with Crippen LogP contribution in [0.15, 0.2) is 56.8 Å². The molecule has 172 valence electrons. The summed E-state index contributed by atoms with van der Waals surface area (Å²) in [5.74, 6) is -1.84. The van der Waals surface area contributed by atoms with Crippen molar-refractivity contribution in [1.82, 2.24) is 19.2 Å². The molecule has 3 N–H and O–H groups in total. The molecule has 1 aliphatic rings. The number of aromatic nitrogens is 3. The third-order valence-electron chi connectivity index (χ3n) is 5.67. The second-order valence-electron chi connectivity index (χ2n) is 7.74. The number of hydrogen-bond acceptors (Lipinski definition) is 9. The number of aliphatic hydroxyl groups is 1. The Balaban J connectivity index is 1.60. The maximum atomic E-state index is 15.0. The molecule has 33 heavy (non-hydrogen) atoms. The van der Waals surface area contributed by atoms with Gasteiger partial charge < -0.3 is 14.8 Å². The first-order chi connectivity index (χ1) is 15.7. The van der Waals surface area contributed by atoms with E-state index in [1.165, 1.54) is 4.57 Å². The highest BCUT2D eigenvalue weighted by molar-refractivity contribution is 7.93. The molecule has 1 atom stereocenters. The summed E-state index contributed by atoms with van der Waals surface area (Å²) in [6, 6.07) is 8.43. The SMILES string of the molecule is C[C@H](c1ccccc1C1(O)CNC1)n1c(=O)oc2cc(S(=O)(=O)Nc3ncns3)c(F)cc21. The van der Waals surface area contributed by atoms with E-state index in [-0.39, 0.29) is 16.2 Å². The van der Waals surface area contributed by atoms with Crippen LogP contribution < -0.4 is 15.8 Å². The Morgan fingerprint density at radius 3 is 2.76 bits per heavy atom. The molecule has 0 saturated carbocycles. The summed E-state index contributed by atoms with van der Waals surface area (Å²) in [5, 5.41) is 13.9. The van der Waals surface area contributed by atoms with Gasteiger partial charge in [-0.1, -0.05) is 24.3 Å². The van der Waals surface area contributed by atoms with Gasteiger partial charge in [-0.15, -0.1) is 0 Å². The van der Waals surface area contributed by atoms with Gasteiger partial charge in [0.25, 0.3) is 10.0 Å². The summed E-state index contributed by atoms with van der Waals surface area (Å²) in [5.41, 5.74) is 0.247. The van der Waals surface area contributed by atoms with E-state index in [0.29, 0.717) is 24.2 Å². The van der Waals surface area contributed by atoms with Crippen molar-refractivity contribution >= 4 is 37.8 Å². The van der Waals surface area contributed by atoms with Gasteiger partial charge in [-0.3, -0.25) is 9.29 Å². The van der Waals surface area contributed by atoms with Crippen LogP contribution in [-0.4, -0.2) is 40.5 Å². The first kappa shape index (κ1) is 21.7. The topological polar surface area (TPSA) is 139 Å². The molecule has 0 aliphatic carbocycles. The molecular formula is C20H18FN5O5S2. The van der Waals surface area contributed by atoms with E-state index < -0.39 is 38.1 Å². The molecule has 3 heterocycles. The van der Waals surface area contributed by atoms with Crippen LogP contribution in [0.3, 0.4) is 0 Å². The van der Waals surface area contributed by atoms with Gasteiger partial charge in [-0.05, 0) is 18.1 Å². The number of nitrogens with one attached hydrogen (secondary N) is 2. The van der Waals surface area contributed by atoms with Crippen LogP contribution in [0.4, 0.5) is 9.52 Å². The molecule has 10 nitrogen and oxygen atoms in total. The zero-order valence-corrected chi connectivity index (χ0v) is 18.8. The number of hydrogen-bond donors (Lipinski definition) is 3. The molecule has 2 aromatic heterocycles. The van der Waals surface area contributed by atoms with E-state index in [2.05, 4.69) is 19.4 Å². The molecule has 0 amide bonds. The normalized spacial score (nSPS) is 16.5. The highest BCUT2D eigenvalue weighted by Crippen LogP contribution is 2.34. The number of anilines is 1. The third kappa shape index (κ3) is 3.62. The number of nitrogens with zero attached hydrogens (tertiary/aromatic N) is 3. The molecule has 4 aromatic rings. The highest BCUT2D eigenvalue weighted by atomic mass is 32.2. The van der Waals surface area contributed by atoms with E-state index in [0.717, 1.165) is 30.0 Å². The van der Waals surface area contributed by atoms with Gasteiger partial charge in [0.05, 0.1) is 11.6 Å². The minimum absolute atomic E-state index is 0.0258. The van der Waals surface area contributed by atoms with Crippen molar-refractivity contribution in [2.24, 2.45) is 0 Å². The maximum Gasteiger partial charge on any atom is 0.420 e. The minimum Gasteiger partial charge on any atom is -0.408 e. The lowest BCUT2D eigenvalue weighted by Gasteiger charge is -2.40. The third-order valence-corrected chi connectivity index (χ3v) is 7.74. The molecule has 1 aliphatic heterocycles. The lowest BCUT2D eigenvalue weighted by atomic mass is 9.83. The smallest absolute Gasteiger partial charge is 0.408 e. The van der Waals surface area contributed by atoms with E-state index >= 15 is 0 Å². The lowest BCUT2D eigenvalue weighted by Crippen LogP contribution is -2.57. The monoisotopic (exact) mass is 491 g/mol. The summed E-state index contributed by atoms with van der Waals surface area (Å²) in [6.07, 6.45) is 1.16. The van der Waals surface area contributed by atoms with E-state index in [1.54, 1.807) is 31.2 Å². The van der Waals surface area contributed by atoms with Crippen molar-refractivity contribution in [2.75, 3.05) is 17.8 Å². The lowest BCUT2D eigenvalue weighted by molar-refractivity contribution is -0.0157. The van der Waals surface area contributed by atoms with Gasteiger partial charge in [0.15, 0.2) is 5.58 Å². The van der Waals surface area contributed by atoms with Crippen molar-refractivity contribution in [1.29, 1.82) is 0 Å². The van der Waals surface area contributed by atoms with Crippen molar-refractivity contribution in [3.05, 3.63) is 70.2 Å². The van der Waals surface area contributed by atoms with Gasteiger partial charge in [0.2, 0.25) is 5.13 Å². The van der Waals surface area contributed by atoms with Gasteiger partial charge in [-0.2, -0.15) is 4.37 Å². The van der Waals surface area contributed by atoms with Gasteiger partial charge in [0, 0.05) is 36.8 Å². The van der Waals surface area contributed by atoms with Crippen LogP contribution in [0, 0.1) is 5.82 Å². The number of β-amino-alcohol motifs (C(OH)–C–C–N with tert-alkyl or cyclic N) is 1. The second-order valence-corrected chi connectivity index (χ2v) is 10.2. The molecule has 5 rings (SSSR count). The van der Waals surface area contributed by atoms with Crippen LogP contribution >= 0.6 is 11.5 Å². The fourth-order valence-electron chi connectivity index (χ4n) is 3.97. The molecule has 13 heteroatoms. The number of rotatable bonds is 6. The average molecular weight is 492 g/mol.